The van der Waals surface area contributed by atoms with Crippen LogP contribution < -0.4 is 16.1 Å². The van der Waals surface area contributed by atoms with Crippen molar-refractivity contribution in [3.05, 3.63) is 62.9 Å². The van der Waals surface area contributed by atoms with Crippen LogP contribution in [0, 0.1) is 0 Å². The summed E-state index contributed by atoms with van der Waals surface area (Å²) in [5.41, 5.74) is 2.01. The van der Waals surface area contributed by atoms with Crippen LogP contribution in [0.2, 0.25) is 0 Å². The molecule has 146 valence electrons. The van der Waals surface area contributed by atoms with Crippen molar-refractivity contribution in [2.45, 2.75) is 46.3 Å². The molecule has 0 aliphatic carbocycles. The van der Waals surface area contributed by atoms with Crippen LogP contribution in [0.25, 0.3) is 11.0 Å². The monoisotopic (exact) mass is 380 g/mol. The maximum Gasteiger partial charge on any atom is 0.332 e. The van der Waals surface area contributed by atoms with Crippen LogP contribution in [-0.4, -0.2) is 26.2 Å². The van der Waals surface area contributed by atoms with Crippen LogP contribution in [-0.2, 0) is 30.8 Å². The van der Waals surface area contributed by atoms with Crippen molar-refractivity contribution in [2.75, 3.05) is 11.4 Å². The van der Waals surface area contributed by atoms with Gasteiger partial charge >= 0.3 is 5.69 Å². The molecule has 1 aromatic carbocycles. The average molecular weight is 380 g/mol. The zero-order valence-electron chi connectivity index (χ0n) is 16.2. The Morgan fingerprint density at radius 3 is 2.54 bits per heavy atom. The van der Waals surface area contributed by atoms with Crippen LogP contribution in [0.1, 0.15) is 25.8 Å². The Kier molecular flexibility index (Phi) is 4.66. The first-order chi connectivity index (χ1) is 13.6. The number of rotatable bonds is 4. The number of hydrogen-bond donors (Lipinski definition) is 0. The van der Waals surface area contributed by atoms with E-state index in [9.17, 15) is 14.4 Å². The van der Waals surface area contributed by atoms with E-state index in [0.717, 1.165) is 18.5 Å². The molecular formula is C21H24N4O3. The second-order valence-electron chi connectivity index (χ2n) is 7.03. The number of aromatic nitrogens is 3. The van der Waals surface area contributed by atoms with E-state index in [4.69, 9.17) is 0 Å². The molecule has 3 aromatic rings. The first-order valence-electron chi connectivity index (χ1n) is 9.77. The molecule has 1 aliphatic rings. The molecule has 0 unspecified atom stereocenters. The summed E-state index contributed by atoms with van der Waals surface area (Å²) in [5.74, 6) is -0.0422. The zero-order chi connectivity index (χ0) is 19.8. The number of hydrogen-bond acceptors (Lipinski definition) is 3. The smallest absolute Gasteiger partial charge is 0.324 e. The summed E-state index contributed by atoms with van der Waals surface area (Å²) in [6.07, 6.45) is 3.62. The number of amides is 1. The molecule has 0 saturated heterocycles. The van der Waals surface area contributed by atoms with Crippen molar-refractivity contribution in [1.29, 1.82) is 0 Å². The Balaban J connectivity index is 1.77. The number of para-hydroxylation sites is 1. The Bertz CT molecular complexity index is 1170. The summed E-state index contributed by atoms with van der Waals surface area (Å²) in [6, 6.07) is 9.67. The third kappa shape index (κ3) is 2.78. The summed E-state index contributed by atoms with van der Waals surface area (Å²) in [7, 11) is 0. The van der Waals surface area contributed by atoms with Crippen LogP contribution in [0.3, 0.4) is 0 Å². The highest BCUT2D eigenvalue weighted by Gasteiger charge is 2.23. The molecule has 7 nitrogen and oxygen atoms in total. The van der Waals surface area contributed by atoms with Gasteiger partial charge in [-0.3, -0.25) is 18.7 Å². The molecule has 0 radical (unpaired) electrons. The Morgan fingerprint density at radius 2 is 1.79 bits per heavy atom. The molecule has 1 aliphatic heterocycles. The maximum atomic E-state index is 13.1. The summed E-state index contributed by atoms with van der Waals surface area (Å²) in [4.78, 5) is 40.2. The summed E-state index contributed by atoms with van der Waals surface area (Å²) >= 11 is 0. The molecule has 0 saturated carbocycles. The number of benzene rings is 1. The molecule has 0 bridgehead atoms. The van der Waals surface area contributed by atoms with Gasteiger partial charge in [-0.2, -0.15) is 0 Å². The topological polar surface area (TPSA) is 69.2 Å². The second kappa shape index (κ2) is 7.14. The molecular weight excluding hydrogens is 356 g/mol. The van der Waals surface area contributed by atoms with Gasteiger partial charge in [-0.1, -0.05) is 18.2 Å². The van der Waals surface area contributed by atoms with E-state index >= 15 is 0 Å². The van der Waals surface area contributed by atoms with Gasteiger partial charge in [0.2, 0.25) is 5.91 Å². The molecule has 28 heavy (non-hydrogen) atoms. The standard InChI is InChI=1S/C21H24N4O3/c1-3-23-19-16(20(27)24(4-2)21(23)28)11-13-22(19)14-18(26)25-12-7-9-15-8-5-6-10-17(15)25/h5-6,8,10-11,13H,3-4,7,9,12,14H2,1-2H3. The zero-order valence-corrected chi connectivity index (χ0v) is 16.2. The third-order valence-electron chi connectivity index (χ3n) is 5.48. The number of aryl methyl sites for hydroxylation is 2. The predicted molar refractivity (Wildman–Crippen MR) is 109 cm³/mol. The molecule has 2 aromatic heterocycles. The highest BCUT2D eigenvalue weighted by Crippen LogP contribution is 2.27. The third-order valence-corrected chi connectivity index (χ3v) is 5.48. The average Bonchev–Trinajstić information content (AvgIpc) is 3.12. The summed E-state index contributed by atoms with van der Waals surface area (Å²) < 4.78 is 4.53. The van der Waals surface area contributed by atoms with Gasteiger partial charge in [0.05, 0.1) is 5.39 Å². The fourth-order valence-electron chi connectivity index (χ4n) is 4.12. The predicted octanol–water partition coefficient (Wildman–Crippen LogP) is 1.98. The van der Waals surface area contributed by atoms with Crippen molar-refractivity contribution in [3.63, 3.8) is 0 Å². The second-order valence-corrected chi connectivity index (χ2v) is 7.03. The lowest BCUT2D eigenvalue weighted by atomic mass is 10.0. The number of carbonyl (C=O) groups is 1. The van der Waals surface area contributed by atoms with Gasteiger partial charge in [0.15, 0.2) is 0 Å². The van der Waals surface area contributed by atoms with Gasteiger partial charge in [-0.25, -0.2) is 4.79 Å². The van der Waals surface area contributed by atoms with E-state index in [-0.39, 0.29) is 23.7 Å². The molecule has 0 N–H and O–H groups in total. The molecule has 0 fully saturated rings. The SMILES string of the molecule is CCn1c(=O)c2ccn(CC(=O)N3CCCc4ccccc43)c2n(CC)c1=O. The van der Waals surface area contributed by atoms with Gasteiger partial charge in [-0.05, 0) is 44.4 Å². The highest BCUT2D eigenvalue weighted by atomic mass is 16.2. The lowest BCUT2D eigenvalue weighted by molar-refractivity contribution is -0.119. The molecule has 3 heterocycles. The van der Waals surface area contributed by atoms with Crippen molar-refractivity contribution in [3.8, 4) is 0 Å². The lowest BCUT2D eigenvalue weighted by Gasteiger charge is -2.29. The van der Waals surface area contributed by atoms with Crippen LogP contribution >= 0.6 is 0 Å². The minimum Gasteiger partial charge on any atom is -0.324 e. The highest BCUT2D eigenvalue weighted by molar-refractivity contribution is 5.95. The van der Waals surface area contributed by atoms with Gasteiger partial charge in [0, 0.05) is 31.5 Å². The van der Waals surface area contributed by atoms with Crippen LogP contribution in [0.4, 0.5) is 5.69 Å². The summed E-state index contributed by atoms with van der Waals surface area (Å²) in [5, 5.41) is 0.468. The molecule has 7 heteroatoms. The van der Waals surface area contributed by atoms with Crippen molar-refractivity contribution >= 4 is 22.6 Å². The van der Waals surface area contributed by atoms with Crippen molar-refractivity contribution in [2.24, 2.45) is 0 Å². The van der Waals surface area contributed by atoms with Gasteiger partial charge in [0.1, 0.15) is 12.2 Å². The van der Waals surface area contributed by atoms with E-state index in [2.05, 4.69) is 6.07 Å². The van der Waals surface area contributed by atoms with Crippen molar-refractivity contribution < 1.29 is 4.79 Å². The minimum absolute atomic E-state index is 0.0422. The number of carbonyl (C=O) groups excluding carboxylic acids is 1. The van der Waals surface area contributed by atoms with Gasteiger partial charge in [-0.15, -0.1) is 0 Å². The number of fused-ring (bicyclic) bond motifs is 2. The Morgan fingerprint density at radius 1 is 1.04 bits per heavy atom. The van der Waals surface area contributed by atoms with E-state index < -0.39 is 0 Å². The van der Waals surface area contributed by atoms with E-state index in [1.807, 2.05) is 30.0 Å². The molecule has 0 atom stereocenters. The molecule has 0 spiro atoms. The first kappa shape index (κ1) is 18.3. The number of nitrogens with zero attached hydrogens (tertiary/aromatic N) is 4. The molecule has 4 rings (SSSR count). The normalized spacial score (nSPS) is 13.7. The van der Waals surface area contributed by atoms with Crippen LogP contribution in [0.15, 0.2) is 46.1 Å². The van der Waals surface area contributed by atoms with E-state index in [1.165, 1.54) is 10.1 Å². The van der Waals surface area contributed by atoms with E-state index in [1.54, 1.807) is 28.3 Å². The fraction of sp³-hybridized carbons (Fsp3) is 0.381. The van der Waals surface area contributed by atoms with Crippen LogP contribution in [0.5, 0.6) is 0 Å². The largest absolute Gasteiger partial charge is 0.332 e. The van der Waals surface area contributed by atoms with E-state index in [0.29, 0.717) is 30.7 Å². The molecule has 1 amide bonds. The maximum absolute atomic E-state index is 13.1. The Hall–Kier alpha value is -3.09. The quantitative estimate of drug-likeness (QED) is 0.695. The first-order valence-corrected chi connectivity index (χ1v) is 9.77. The fourth-order valence-corrected chi connectivity index (χ4v) is 4.12. The number of anilines is 1. The van der Waals surface area contributed by atoms with Gasteiger partial charge < -0.3 is 9.47 Å². The van der Waals surface area contributed by atoms with Crippen molar-refractivity contribution in [1.82, 2.24) is 13.7 Å². The Labute approximate surface area is 162 Å². The van der Waals surface area contributed by atoms with Gasteiger partial charge in [0.25, 0.3) is 5.56 Å². The summed E-state index contributed by atoms with van der Waals surface area (Å²) in [6.45, 7) is 5.17. The minimum atomic E-state index is -0.335. The lowest BCUT2D eigenvalue weighted by Crippen LogP contribution is -2.40.